The number of carboxylic acid groups (broad SMARTS) is 1. The number of ether oxygens (including phenoxy) is 1. The number of aromatic carboxylic acids is 1. The van der Waals surface area contributed by atoms with E-state index in [9.17, 15) is 14.4 Å². The van der Waals surface area contributed by atoms with Crippen LogP contribution in [0, 0.1) is 0 Å². The van der Waals surface area contributed by atoms with Crippen LogP contribution < -0.4 is 4.74 Å². The van der Waals surface area contributed by atoms with Gasteiger partial charge in [-0.15, -0.1) is 0 Å². The Morgan fingerprint density at radius 3 is 2.39 bits per heavy atom. The van der Waals surface area contributed by atoms with Crippen molar-refractivity contribution in [2.75, 3.05) is 6.61 Å². The molecule has 5 aromatic rings. The molecule has 1 saturated heterocycles. The van der Waals surface area contributed by atoms with Gasteiger partial charge in [-0.1, -0.05) is 72.8 Å². The summed E-state index contributed by atoms with van der Waals surface area (Å²) in [6, 6.07) is 32.8. The van der Waals surface area contributed by atoms with Gasteiger partial charge in [0, 0.05) is 29.2 Å². The standard InChI is InChI=1S/C36H30N2O5S/c39-34-33(44-36(42)38(34)23-26-14-16-28(17-15-26)35(40)41)22-29-24-37(32-13-5-4-12-31(29)32)18-7-19-43-30-11-6-10-27(21-30)20-25-8-2-1-3-9-25/h1-6,8-17,21-22,24H,7,18-20,23H2,(H,40,41). The van der Waals surface area contributed by atoms with Gasteiger partial charge in [-0.05, 0) is 77.7 Å². The van der Waals surface area contributed by atoms with E-state index < -0.39 is 5.97 Å². The van der Waals surface area contributed by atoms with Gasteiger partial charge in [0.25, 0.3) is 11.1 Å². The summed E-state index contributed by atoms with van der Waals surface area (Å²) < 4.78 is 8.25. The van der Waals surface area contributed by atoms with E-state index in [0.29, 0.717) is 17.1 Å². The minimum atomic E-state index is -1.03. The van der Waals surface area contributed by atoms with Crippen LogP contribution in [-0.4, -0.2) is 38.3 Å². The number of aryl methyl sites for hydroxylation is 1. The Bertz CT molecular complexity index is 1860. The SMILES string of the molecule is O=C(O)c1ccc(CN2C(=O)SC(=Cc3cn(CCCOc4cccc(Cc5ccccc5)c4)c4ccccc34)C2=O)cc1. The first kappa shape index (κ1) is 29.0. The van der Waals surface area contributed by atoms with Crippen LogP contribution in [0.3, 0.4) is 0 Å². The number of amides is 2. The number of hydrogen-bond acceptors (Lipinski definition) is 5. The molecule has 2 amide bonds. The number of carboxylic acids is 1. The van der Waals surface area contributed by atoms with Gasteiger partial charge in [0.2, 0.25) is 0 Å². The van der Waals surface area contributed by atoms with Gasteiger partial charge in [0.15, 0.2) is 0 Å². The highest BCUT2D eigenvalue weighted by Crippen LogP contribution is 2.35. The molecule has 6 rings (SSSR count). The van der Waals surface area contributed by atoms with Crippen molar-refractivity contribution < 1.29 is 24.2 Å². The van der Waals surface area contributed by atoms with Crippen LogP contribution in [0.1, 0.15) is 39.0 Å². The maximum absolute atomic E-state index is 13.2. The molecule has 1 aliphatic rings. The predicted octanol–water partition coefficient (Wildman–Crippen LogP) is 7.64. The maximum atomic E-state index is 13.2. The lowest BCUT2D eigenvalue weighted by Gasteiger charge is -2.12. The average molecular weight is 603 g/mol. The number of thioether (sulfide) groups is 1. The second-order valence-electron chi connectivity index (χ2n) is 10.6. The van der Waals surface area contributed by atoms with E-state index in [1.54, 1.807) is 18.2 Å². The van der Waals surface area contributed by atoms with Gasteiger partial charge in [-0.25, -0.2) is 4.79 Å². The summed E-state index contributed by atoms with van der Waals surface area (Å²) in [5, 5.41) is 9.77. The Balaban J connectivity index is 1.11. The molecule has 1 aromatic heterocycles. The minimum Gasteiger partial charge on any atom is -0.494 e. The van der Waals surface area contributed by atoms with Crippen LogP contribution in [0.25, 0.3) is 17.0 Å². The Morgan fingerprint density at radius 1 is 0.841 bits per heavy atom. The highest BCUT2D eigenvalue weighted by molar-refractivity contribution is 8.18. The number of nitrogens with zero attached hydrogens (tertiary/aromatic N) is 2. The summed E-state index contributed by atoms with van der Waals surface area (Å²) in [5.41, 5.74) is 5.21. The lowest BCUT2D eigenvalue weighted by atomic mass is 10.1. The number of carbonyl (C=O) groups is 3. The van der Waals surface area contributed by atoms with Gasteiger partial charge < -0.3 is 14.4 Å². The van der Waals surface area contributed by atoms with E-state index in [1.807, 2.05) is 60.8 Å². The molecule has 0 radical (unpaired) electrons. The van der Waals surface area contributed by atoms with Gasteiger partial charge in [0.1, 0.15) is 5.75 Å². The molecule has 0 spiro atoms. The van der Waals surface area contributed by atoms with Crippen molar-refractivity contribution in [1.82, 2.24) is 9.47 Å². The van der Waals surface area contributed by atoms with Crippen molar-refractivity contribution in [3.8, 4) is 5.75 Å². The van der Waals surface area contributed by atoms with Crippen molar-refractivity contribution >= 4 is 45.9 Å². The number of fused-ring (bicyclic) bond motifs is 1. The number of benzene rings is 4. The zero-order valence-corrected chi connectivity index (χ0v) is 24.7. The van der Waals surface area contributed by atoms with Crippen LogP contribution >= 0.6 is 11.8 Å². The summed E-state index contributed by atoms with van der Waals surface area (Å²) in [6.07, 6.45) is 5.45. The molecule has 4 aromatic carbocycles. The van der Waals surface area contributed by atoms with E-state index in [1.165, 1.54) is 28.2 Å². The topological polar surface area (TPSA) is 88.8 Å². The number of rotatable bonds is 11. The second kappa shape index (κ2) is 13.1. The Hall–Kier alpha value is -5.08. The smallest absolute Gasteiger partial charge is 0.335 e. The molecular formula is C36H30N2O5S. The molecule has 220 valence electrons. The third-order valence-corrected chi connectivity index (χ3v) is 8.39. The van der Waals surface area contributed by atoms with E-state index in [0.717, 1.165) is 53.4 Å². The summed E-state index contributed by atoms with van der Waals surface area (Å²) in [5.74, 6) is -0.534. The van der Waals surface area contributed by atoms with Crippen molar-refractivity contribution in [3.05, 3.63) is 142 Å². The molecule has 0 bridgehead atoms. The zero-order chi connectivity index (χ0) is 30.5. The lowest BCUT2D eigenvalue weighted by molar-refractivity contribution is -0.123. The zero-order valence-electron chi connectivity index (χ0n) is 23.9. The Morgan fingerprint density at radius 2 is 1.59 bits per heavy atom. The molecule has 2 heterocycles. The van der Waals surface area contributed by atoms with Crippen LogP contribution in [0.2, 0.25) is 0 Å². The van der Waals surface area contributed by atoms with Gasteiger partial charge >= 0.3 is 5.97 Å². The van der Waals surface area contributed by atoms with Crippen molar-refractivity contribution in [2.45, 2.75) is 25.9 Å². The van der Waals surface area contributed by atoms with E-state index in [2.05, 4.69) is 28.8 Å². The third-order valence-electron chi connectivity index (χ3n) is 7.48. The summed E-state index contributed by atoms with van der Waals surface area (Å²) in [7, 11) is 0. The first-order chi connectivity index (χ1) is 21.4. The third kappa shape index (κ3) is 6.61. The monoisotopic (exact) mass is 602 g/mol. The molecule has 1 N–H and O–H groups in total. The van der Waals surface area contributed by atoms with Crippen LogP contribution in [0.4, 0.5) is 4.79 Å². The van der Waals surface area contributed by atoms with Crippen molar-refractivity contribution in [3.63, 3.8) is 0 Å². The fourth-order valence-electron chi connectivity index (χ4n) is 5.29. The van der Waals surface area contributed by atoms with E-state index in [4.69, 9.17) is 9.84 Å². The first-order valence-electron chi connectivity index (χ1n) is 14.4. The number of hydrogen-bond donors (Lipinski definition) is 1. The minimum absolute atomic E-state index is 0.0822. The molecule has 44 heavy (non-hydrogen) atoms. The summed E-state index contributed by atoms with van der Waals surface area (Å²) in [4.78, 5) is 38.6. The number of para-hydroxylation sites is 1. The molecule has 0 saturated carbocycles. The van der Waals surface area contributed by atoms with Crippen LogP contribution in [-0.2, 0) is 24.3 Å². The van der Waals surface area contributed by atoms with Crippen molar-refractivity contribution in [2.24, 2.45) is 0 Å². The highest BCUT2D eigenvalue weighted by atomic mass is 32.2. The number of aromatic nitrogens is 1. The molecule has 0 aliphatic carbocycles. The summed E-state index contributed by atoms with van der Waals surface area (Å²) >= 11 is 0.917. The fourth-order valence-corrected chi connectivity index (χ4v) is 6.12. The maximum Gasteiger partial charge on any atom is 0.335 e. The Labute approximate surface area is 259 Å². The molecule has 1 fully saturated rings. The molecule has 7 nitrogen and oxygen atoms in total. The van der Waals surface area contributed by atoms with Gasteiger partial charge in [-0.3, -0.25) is 14.5 Å². The normalized spacial score (nSPS) is 14.1. The second-order valence-corrected chi connectivity index (χ2v) is 11.6. The average Bonchev–Trinajstić information content (AvgIpc) is 3.52. The molecular weight excluding hydrogens is 572 g/mol. The molecule has 0 atom stereocenters. The van der Waals surface area contributed by atoms with Crippen LogP contribution in [0.5, 0.6) is 5.75 Å². The quantitative estimate of drug-likeness (QED) is 0.124. The van der Waals surface area contributed by atoms with Gasteiger partial charge in [0.05, 0.1) is 23.6 Å². The summed E-state index contributed by atoms with van der Waals surface area (Å²) in [6.45, 7) is 1.37. The Kier molecular flexibility index (Phi) is 8.61. The molecule has 0 unspecified atom stereocenters. The first-order valence-corrected chi connectivity index (χ1v) is 15.2. The van der Waals surface area contributed by atoms with E-state index in [-0.39, 0.29) is 23.3 Å². The largest absolute Gasteiger partial charge is 0.494 e. The van der Waals surface area contributed by atoms with Crippen molar-refractivity contribution in [1.29, 1.82) is 0 Å². The molecule has 8 heteroatoms. The molecule has 1 aliphatic heterocycles. The van der Waals surface area contributed by atoms with Gasteiger partial charge in [-0.2, -0.15) is 0 Å². The highest BCUT2D eigenvalue weighted by Gasteiger charge is 2.35. The lowest BCUT2D eigenvalue weighted by Crippen LogP contribution is -2.27. The van der Waals surface area contributed by atoms with E-state index >= 15 is 0 Å². The number of carbonyl (C=O) groups excluding carboxylic acids is 2. The number of imide groups is 1. The predicted molar refractivity (Wildman–Crippen MR) is 173 cm³/mol. The van der Waals surface area contributed by atoms with Crippen LogP contribution in [0.15, 0.2) is 114 Å². The fraction of sp³-hybridized carbons (Fsp3) is 0.139.